The Bertz CT molecular complexity index is 1130. The van der Waals surface area contributed by atoms with Gasteiger partial charge in [-0.25, -0.2) is 9.97 Å². The third kappa shape index (κ3) is 2.50. The van der Waals surface area contributed by atoms with E-state index in [2.05, 4.69) is 25.4 Å². The first kappa shape index (κ1) is 15.8. The average molecular weight is 372 g/mol. The van der Waals surface area contributed by atoms with Crippen LogP contribution in [-0.2, 0) is 7.05 Å². The van der Waals surface area contributed by atoms with Crippen LogP contribution in [0.4, 0.5) is 0 Å². The number of H-pyrrole nitrogens is 1. The molecular formula is C16H12ClN6OS. The molecular weight excluding hydrogens is 360 g/mol. The van der Waals surface area contributed by atoms with Gasteiger partial charge in [0, 0.05) is 12.6 Å². The van der Waals surface area contributed by atoms with Crippen molar-refractivity contribution < 1.29 is 4.79 Å². The highest BCUT2D eigenvalue weighted by Gasteiger charge is 2.19. The van der Waals surface area contributed by atoms with Crippen LogP contribution >= 0.6 is 22.9 Å². The lowest BCUT2D eigenvalue weighted by Gasteiger charge is -1.97. The molecule has 0 atom stereocenters. The van der Waals surface area contributed by atoms with Crippen molar-refractivity contribution in [3.8, 4) is 22.6 Å². The number of carbonyl (C=O) groups is 1. The zero-order valence-electron chi connectivity index (χ0n) is 13.3. The molecule has 7 nitrogen and oxygen atoms in total. The number of fused-ring (bicyclic) bond motifs is 1. The minimum atomic E-state index is -0.569. The highest BCUT2D eigenvalue weighted by molar-refractivity contribution is 7.11. The minimum absolute atomic E-state index is 0.217. The third-order valence-corrected chi connectivity index (χ3v) is 5.04. The van der Waals surface area contributed by atoms with E-state index in [1.54, 1.807) is 11.7 Å². The van der Waals surface area contributed by atoms with Crippen molar-refractivity contribution in [2.45, 2.75) is 6.92 Å². The Labute approximate surface area is 151 Å². The lowest BCUT2D eigenvalue weighted by molar-refractivity contribution is 0.1000. The predicted molar refractivity (Wildman–Crippen MR) is 96.5 cm³/mol. The molecule has 0 aliphatic rings. The molecule has 1 aromatic carbocycles. The second-order valence-electron chi connectivity index (χ2n) is 5.50. The van der Waals surface area contributed by atoms with Crippen molar-refractivity contribution in [1.82, 2.24) is 24.7 Å². The minimum Gasteiger partial charge on any atom is -0.364 e. The fourth-order valence-electron chi connectivity index (χ4n) is 2.71. The van der Waals surface area contributed by atoms with Crippen molar-refractivity contribution in [3.63, 3.8) is 0 Å². The number of carbonyl (C=O) groups excluding carboxylic acids is 1. The van der Waals surface area contributed by atoms with Crippen LogP contribution in [-0.4, -0.2) is 30.6 Å². The number of aromatic amines is 1. The molecule has 3 N–H and O–H groups in total. The van der Waals surface area contributed by atoms with Gasteiger partial charge in [0.1, 0.15) is 11.0 Å². The molecule has 3 aromatic heterocycles. The number of benzene rings is 1. The molecule has 0 saturated carbocycles. The van der Waals surface area contributed by atoms with Gasteiger partial charge in [-0.3, -0.25) is 9.48 Å². The van der Waals surface area contributed by atoms with Crippen molar-refractivity contribution in [2.24, 2.45) is 12.8 Å². The number of imidazole rings is 1. The summed E-state index contributed by atoms with van der Waals surface area (Å²) >= 11 is 7.43. The summed E-state index contributed by atoms with van der Waals surface area (Å²) in [4.78, 5) is 23.5. The maximum absolute atomic E-state index is 11.3. The van der Waals surface area contributed by atoms with Crippen LogP contribution in [0.1, 0.15) is 15.5 Å². The van der Waals surface area contributed by atoms with Crippen LogP contribution in [0.25, 0.3) is 33.7 Å². The number of nitrogens with one attached hydrogen (secondary N) is 1. The van der Waals surface area contributed by atoms with Crippen LogP contribution in [0.3, 0.4) is 0 Å². The fourth-order valence-corrected chi connectivity index (χ4v) is 3.56. The highest BCUT2D eigenvalue weighted by Crippen LogP contribution is 2.33. The van der Waals surface area contributed by atoms with Crippen molar-refractivity contribution in [2.75, 3.05) is 0 Å². The van der Waals surface area contributed by atoms with Gasteiger partial charge < -0.3 is 10.7 Å². The summed E-state index contributed by atoms with van der Waals surface area (Å²) in [7, 11) is 1.78. The first-order valence-corrected chi connectivity index (χ1v) is 8.52. The summed E-state index contributed by atoms with van der Waals surface area (Å²) in [5.74, 6) is 0.0589. The zero-order chi connectivity index (χ0) is 17.7. The number of rotatable bonds is 3. The first-order chi connectivity index (χ1) is 12.0. The normalized spacial score (nSPS) is 11.3. The Morgan fingerprint density at radius 3 is 2.84 bits per heavy atom. The number of nitrogens with zero attached hydrogens (tertiary/aromatic N) is 4. The van der Waals surface area contributed by atoms with E-state index in [4.69, 9.17) is 17.3 Å². The molecule has 0 aliphatic heterocycles. The van der Waals surface area contributed by atoms with E-state index >= 15 is 0 Å². The Morgan fingerprint density at radius 2 is 2.20 bits per heavy atom. The van der Waals surface area contributed by atoms with E-state index in [1.165, 1.54) is 0 Å². The topological polar surface area (TPSA) is 102 Å². The molecule has 125 valence electrons. The number of aryl methyl sites for hydroxylation is 2. The molecule has 0 spiro atoms. The number of hydrogen-bond acceptors (Lipinski definition) is 5. The van der Waals surface area contributed by atoms with E-state index in [-0.39, 0.29) is 5.01 Å². The SMILES string of the molecule is Cc1nn(C)c(Cl)c1-c1nc2c(-c3[c]sc(C(N)=O)n3)cccc2[nH]1. The fraction of sp³-hybridized carbons (Fsp3) is 0.125. The standard InChI is InChI=1S/C16H12ClN6OS/c1-7-11(13(17)23(2)22-7)15-19-9-5-3-4-8(12(9)21-15)10-6-25-16(20-10)14(18)24/h3-5H,1-2H3,(H2,18,24)(H,19,21). The Kier molecular flexibility index (Phi) is 3.59. The Balaban J connectivity index is 1.90. The van der Waals surface area contributed by atoms with Crippen LogP contribution in [0.5, 0.6) is 0 Å². The number of thiazole rings is 1. The Hall–Kier alpha value is -2.71. The van der Waals surface area contributed by atoms with Gasteiger partial charge in [0.2, 0.25) is 0 Å². The van der Waals surface area contributed by atoms with Crippen LogP contribution < -0.4 is 5.73 Å². The predicted octanol–water partition coefficient (Wildman–Crippen LogP) is 2.95. The Morgan fingerprint density at radius 1 is 1.40 bits per heavy atom. The molecule has 9 heteroatoms. The number of hydrogen-bond donors (Lipinski definition) is 2. The van der Waals surface area contributed by atoms with E-state index < -0.39 is 5.91 Å². The largest absolute Gasteiger partial charge is 0.364 e. The summed E-state index contributed by atoms with van der Waals surface area (Å²) in [5.41, 5.74) is 9.66. The summed E-state index contributed by atoms with van der Waals surface area (Å²) < 4.78 is 1.60. The first-order valence-electron chi connectivity index (χ1n) is 7.32. The lowest BCUT2D eigenvalue weighted by atomic mass is 10.1. The number of nitrogens with two attached hydrogens (primary N) is 1. The summed E-state index contributed by atoms with van der Waals surface area (Å²) in [5, 5.41) is 8.05. The summed E-state index contributed by atoms with van der Waals surface area (Å²) in [6.07, 6.45) is 0. The molecule has 0 bridgehead atoms. The van der Waals surface area contributed by atoms with Crippen molar-refractivity contribution in [3.05, 3.63) is 39.4 Å². The van der Waals surface area contributed by atoms with E-state index in [1.807, 2.05) is 25.1 Å². The molecule has 1 amide bonds. The van der Waals surface area contributed by atoms with Crippen LogP contribution in [0, 0.1) is 12.3 Å². The van der Waals surface area contributed by atoms with E-state index in [9.17, 15) is 4.79 Å². The van der Waals surface area contributed by atoms with Crippen molar-refractivity contribution in [1.29, 1.82) is 0 Å². The second kappa shape index (κ2) is 5.68. The lowest BCUT2D eigenvalue weighted by Crippen LogP contribution is -2.10. The summed E-state index contributed by atoms with van der Waals surface area (Å²) in [6, 6.07) is 5.67. The molecule has 4 aromatic rings. The number of aromatic nitrogens is 5. The average Bonchev–Trinajstić information content (AvgIpc) is 3.25. The third-order valence-electron chi connectivity index (χ3n) is 3.83. The molecule has 3 heterocycles. The van der Waals surface area contributed by atoms with Gasteiger partial charge in [0.25, 0.3) is 5.91 Å². The van der Waals surface area contributed by atoms with Gasteiger partial charge in [0.15, 0.2) is 5.01 Å². The maximum Gasteiger partial charge on any atom is 0.277 e. The van der Waals surface area contributed by atoms with E-state index in [0.29, 0.717) is 16.7 Å². The monoisotopic (exact) mass is 371 g/mol. The van der Waals surface area contributed by atoms with Gasteiger partial charge in [-0.2, -0.15) is 5.10 Å². The number of primary amides is 1. The molecule has 0 aliphatic carbocycles. The molecule has 1 radical (unpaired) electrons. The number of para-hydroxylation sites is 1. The van der Waals surface area contributed by atoms with E-state index in [0.717, 1.165) is 39.2 Å². The van der Waals surface area contributed by atoms with Crippen LogP contribution in [0.2, 0.25) is 5.15 Å². The van der Waals surface area contributed by atoms with Gasteiger partial charge >= 0.3 is 0 Å². The maximum atomic E-state index is 11.3. The zero-order valence-corrected chi connectivity index (χ0v) is 14.9. The number of halogens is 1. The highest BCUT2D eigenvalue weighted by atomic mass is 35.5. The quantitative estimate of drug-likeness (QED) is 0.577. The van der Waals surface area contributed by atoms with Crippen molar-refractivity contribution >= 4 is 39.9 Å². The molecule has 0 saturated heterocycles. The summed E-state index contributed by atoms with van der Waals surface area (Å²) in [6.45, 7) is 1.88. The second-order valence-corrected chi connectivity index (χ2v) is 6.65. The molecule has 0 unspecified atom stereocenters. The smallest absolute Gasteiger partial charge is 0.277 e. The van der Waals surface area contributed by atoms with Gasteiger partial charge in [-0.05, 0) is 13.0 Å². The number of amides is 1. The van der Waals surface area contributed by atoms with Crippen LogP contribution in [0.15, 0.2) is 18.2 Å². The molecule has 0 fully saturated rings. The molecule has 25 heavy (non-hydrogen) atoms. The van der Waals surface area contributed by atoms with Gasteiger partial charge in [-0.1, -0.05) is 23.7 Å². The van der Waals surface area contributed by atoms with Gasteiger partial charge in [-0.15, -0.1) is 11.3 Å². The molecule has 4 rings (SSSR count). The van der Waals surface area contributed by atoms with Gasteiger partial charge in [0.05, 0.1) is 33.4 Å².